The zero-order valence-electron chi connectivity index (χ0n) is 14.6. The summed E-state index contributed by atoms with van der Waals surface area (Å²) >= 11 is 0. The number of benzene rings is 2. The number of aromatic nitrogens is 1. The number of aryl methyl sites for hydroxylation is 1. The number of aromatic amines is 1. The van der Waals surface area contributed by atoms with Gasteiger partial charge in [0.2, 0.25) is 5.91 Å². The molecule has 2 N–H and O–H groups in total. The van der Waals surface area contributed by atoms with Crippen molar-refractivity contribution >= 4 is 16.8 Å². The summed E-state index contributed by atoms with van der Waals surface area (Å²) in [6.07, 6.45) is 1.99. The first-order valence-electron chi connectivity index (χ1n) is 8.73. The van der Waals surface area contributed by atoms with Crippen LogP contribution in [0.5, 0.6) is 0 Å². The number of amides is 1. The summed E-state index contributed by atoms with van der Waals surface area (Å²) in [5, 5.41) is 4.12. The highest BCUT2D eigenvalue weighted by atomic mass is 19.1. The molecule has 0 fully saturated rings. The van der Waals surface area contributed by atoms with E-state index in [9.17, 15) is 9.18 Å². The number of carbonyl (C=O) groups is 1. The number of hydrogen-bond donors (Lipinski definition) is 2. The summed E-state index contributed by atoms with van der Waals surface area (Å²) in [6.45, 7) is 4.06. The van der Waals surface area contributed by atoms with Crippen molar-refractivity contribution in [2.45, 2.75) is 39.2 Å². The van der Waals surface area contributed by atoms with Crippen LogP contribution in [-0.4, -0.2) is 16.9 Å². The molecule has 130 valence electrons. The molecule has 1 atom stereocenters. The molecule has 1 aromatic heterocycles. The van der Waals surface area contributed by atoms with Gasteiger partial charge in [0.05, 0.1) is 0 Å². The maximum absolute atomic E-state index is 13.3. The minimum Gasteiger partial charge on any atom is -0.354 e. The SMILES string of the molecule is CCC(C)NC(=O)CCc1c(-c2ccc(F)cc2)[nH]c2ccccc12. The molecule has 25 heavy (non-hydrogen) atoms. The third kappa shape index (κ3) is 3.90. The molecule has 1 heterocycles. The van der Waals surface area contributed by atoms with Gasteiger partial charge in [-0.25, -0.2) is 4.39 Å². The van der Waals surface area contributed by atoms with Gasteiger partial charge in [-0.05, 0) is 61.2 Å². The molecule has 0 saturated heterocycles. The van der Waals surface area contributed by atoms with Gasteiger partial charge in [-0.1, -0.05) is 25.1 Å². The highest BCUT2D eigenvalue weighted by Gasteiger charge is 2.15. The van der Waals surface area contributed by atoms with Crippen molar-refractivity contribution in [3.8, 4) is 11.3 Å². The number of halogens is 1. The van der Waals surface area contributed by atoms with Crippen LogP contribution in [0.3, 0.4) is 0 Å². The van der Waals surface area contributed by atoms with Crippen molar-refractivity contribution in [2.24, 2.45) is 0 Å². The molecule has 0 aliphatic rings. The van der Waals surface area contributed by atoms with Crippen LogP contribution in [0.4, 0.5) is 4.39 Å². The molecule has 0 bridgehead atoms. The van der Waals surface area contributed by atoms with Gasteiger partial charge in [-0.15, -0.1) is 0 Å². The minimum atomic E-state index is -0.255. The fourth-order valence-electron chi connectivity index (χ4n) is 3.01. The molecule has 1 unspecified atom stereocenters. The lowest BCUT2D eigenvalue weighted by atomic mass is 10.0. The van der Waals surface area contributed by atoms with Crippen LogP contribution in [0.1, 0.15) is 32.3 Å². The quantitative estimate of drug-likeness (QED) is 0.665. The van der Waals surface area contributed by atoms with Gasteiger partial charge in [0, 0.05) is 29.1 Å². The lowest BCUT2D eigenvalue weighted by Gasteiger charge is -2.11. The summed E-state index contributed by atoms with van der Waals surface area (Å²) in [6, 6.07) is 14.7. The predicted molar refractivity (Wildman–Crippen MR) is 99.9 cm³/mol. The topological polar surface area (TPSA) is 44.9 Å². The van der Waals surface area contributed by atoms with Crippen molar-refractivity contribution < 1.29 is 9.18 Å². The summed E-state index contributed by atoms with van der Waals surface area (Å²) in [5.74, 6) is -0.195. The number of H-pyrrole nitrogens is 1. The normalized spacial score (nSPS) is 12.3. The molecule has 1 amide bonds. The van der Waals surface area contributed by atoms with Crippen molar-refractivity contribution in [1.82, 2.24) is 10.3 Å². The zero-order chi connectivity index (χ0) is 17.8. The Kier molecular flexibility index (Phi) is 5.17. The number of para-hydroxylation sites is 1. The molecule has 3 rings (SSSR count). The molecule has 0 radical (unpaired) electrons. The Balaban J connectivity index is 1.91. The molecule has 0 spiro atoms. The van der Waals surface area contributed by atoms with Crippen LogP contribution < -0.4 is 5.32 Å². The van der Waals surface area contributed by atoms with Crippen molar-refractivity contribution in [3.05, 3.63) is 59.9 Å². The maximum atomic E-state index is 13.3. The van der Waals surface area contributed by atoms with Gasteiger partial charge in [-0.3, -0.25) is 4.79 Å². The molecule has 3 nitrogen and oxygen atoms in total. The van der Waals surface area contributed by atoms with E-state index in [1.165, 1.54) is 12.1 Å². The van der Waals surface area contributed by atoms with E-state index in [0.717, 1.165) is 34.1 Å². The fraction of sp³-hybridized carbons (Fsp3) is 0.286. The van der Waals surface area contributed by atoms with E-state index in [4.69, 9.17) is 0 Å². The Hall–Kier alpha value is -2.62. The third-order valence-corrected chi connectivity index (χ3v) is 4.57. The average molecular weight is 338 g/mol. The molecule has 2 aromatic carbocycles. The first-order valence-corrected chi connectivity index (χ1v) is 8.73. The van der Waals surface area contributed by atoms with E-state index >= 15 is 0 Å². The van der Waals surface area contributed by atoms with Crippen LogP contribution in [0.2, 0.25) is 0 Å². The van der Waals surface area contributed by atoms with E-state index in [1.54, 1.807) is 12.1 Å². The standard InChI is InChI=1S/C21H23FN2O/c1-3-14(2)23-20(25)13-12-18-17-6-4-5-7-19(17)24-21(18)15-8-10-16(22)11-9-15/h4-11,14,24H,3,12-13H2,1-2H3,(H,23,25). The third-order valence-electron chi connectivity index (χ3n) is 4.57. The van der Waals surface area contributed by atoms with Gasteiger partial charge in [0.1, 0.15) is 5.82 Å². The van der Waals surface area contributed by atoms with E-state index in [2.05, 4.69) is 23.3 Å². The van der Waals surface area contributed by atoms with E-state index < -0.39 is 0 Å². The summed E-state index contributed by atoms with van der Waals surface area (Å²) in [4.78, 5) is 15.6. The van der Waals surface area contributed by atoms with Crippen molar-refractivity contribution in [3.63, 3.8) is 0 Å². The predicted octanol–water partition coefficient (Wildman–Crippen LogP) is 4.82. The summed E-state index contributed by atoms with van der Waals surface area (Å²) < 4.78 is 13.3. The highest BCUT2D eigenvalue weighted by Crippen LogP contribution is 2.31. The number of rotatable bonds is 6. The van der Waals surface area contributed by atoms with E-state index in [-0.39, 0.29) is 17.8 Å². The van der Waals surface area contributed by atoms with Gasteiger partial charge in [0.15, 0.2) is 0 Å². The van der Waals surface area contributed by atoms with Gasteiger partial charge >= 0.3 is 0 Å². The lowest BCUT2D eigenvalue weighted by Crippen LogP contribution is -2.32. The van der Waals surface area contributed by atoms with Crippen LogP contribution in [0.25, 0.3) is 22.2 Å². The Morgan fingerprint density at radius 3 is 2.60 bits per heavy atom. The van der Waals surface area contributed by atoms with E-state index in [1.807, 2.05) is 25.1 Å². The van der Waals surface area contributed by atoms with Crippen molar-refractivity contribution in [2.75, 3.05) is 0 Å². The Labute approximate surface area is 147 Å². The molecular weight excluding hydrogens is 315 g/mol. The zero-order valence-corrected chi connectivity index (χ0v) is 14.6. The summed E-state index contributed by atoms with van der Waals surface area (Å²) in [5.41, 5.74) is 4.01. The average Bonchev–Trinajstić information content (AvgIpc) is 2.99. The van der Waals surface area contributed by atoms with Crippen molar-refractivity contribution in [1.29, 1.82) is 0 Å². The van der Waals surface area contributed by atoms with Crippen LogP contribution in [0, 0.1) is 5.82 Å². The first kappa shape index (κ1) is 17.2. The molecule has 0 saturated carbocycles. The van der Waals surface area contributed by atoms with Crippen LogP contribution in [0.15, 0.2) is 48.5 Å². The van der Waals surface area contributed by atoms with E-state index in [0.29, 0.717) is 12.8 Å². The van der Waals surface area contributed by atoms with Gasteiger partial charge in [0.25, 0.3) is 0 Å². The fourth-order valence-corrected chi connectivity index (χ4v) is 3.01. The highest BCUT2D eigenvalue weighted by molar-refractivity contribution is 5.91. The first-order chi connectivity index (χ1) is 12.1. The molecule has 3 aromatic rings. The second-order valence-electron chi connectivity index (χ2n) is 6.41. The lowest BCUT2D eigenvalue weighted by molar-refractivity contribution is -0.121. The van der Waals surface area contributed by atoms with Gasteiger partial charge in [-0.2, -0.15) is 0 Å². The molecular formula is C21H23FN2O. The smallest absolute Gasteiger partial charge is 0.220 e. The minimum absolute atomic E-state index is 0.0599. The Bertz CT molecular complexity index is 867. The number of carbonyl (C=O) groups excluding carboxylic acids is 1. The monoisotopic (exact) mass is 338 g/mol. The Morgan fingerprint density at radius 1 is 1.16 bits per heavy atom. The molecule has 4 heteroatoms. The van der Waals surface area contributed by atoms with Crippen LogP contribution >= 0.6 is 0 Å². The Morgan fingerprint density at radius 2 is 1.88 bits per heavy atom. The molecule has 0 aliphatic heterocycles. The number of fused-ring (bicyclic) bond motifs is 1. The van der Waals surface area contributed by atoms with Gasteiger partial charge < -0.3 is 10.3 Å². The van der Waals surface area contributed by atoms with Crippen LogP contribution in [-0.2, 0) is 11.2 Å². The maximum Gasteiger partial charge on any atom is 0.220 e. The summed E-state index contributed by atoms with van der Waals surface area (Å²) in [7, 11) is 0. The largest absolute Gasteiger partial charge is 0.354 e. The molecule has 0 aliphatic carbocycles. The second-order valence-corrected chi connectivity index (χ2v) is 6.41. The second kappa shape index (κ2) is 7.51. The number of nitrogens with one attached hydrogen (secondary N) is 2. The number of hydrogen-bond acceptors (Lipinski definition) is 1.